The van der Waals surface area contributed by atoms with E-state index in [9.17, 15) is 14.4 Å². The molecule has 0 N–H and O–H groups in total. The van der Waals surface area contributed by atoms with Crippen LogP contribution in [0.1, 0.15) is 35.2 Å². The van der Waals surface area contributed by atoms with Crippen LogP contribution < -0.4 is 19.8 Å². The number of amides is 1. The molecule has 0 bridgehead atoms. The summed E-state index contributed by atoms with van der Waals surface area (Å²) in [6, 6.07) is 33.8. The van der Waals surface area contributed by atoms with Crippen LogP contribution >= 0.6 is 23.1 Å². The lowest BCUT2D eigenvalue weighted by molar-refractivity contribution is -0.138. The SMILES string of the molecule is CCOC(=O)C1=C(c2ccccc2)N=c2s/c(=C3\C(=O)N(Cc4ccccc4)c4ccccc43)c(=O)n2[C@H]1c1ccc(SC)cc1. The van der Waals surface area contributed by atoms with Crippen LogP contribution in [0.2, 0.25) is 0 Å². The predicted octanol–water partition coefficient (Wildman–Crippen LogP) is 5.57. The summed E-state index contributed by atoms with van der Waals surface area (Å²) in [5.74, 6) is -0.789. The lowest BCUT2D eigenvalue weighted by Gasteiger charge is -2.26. The number of anilines is 1. The first-order valence-corrected chi connectivity index (χ1v) is 16.9. The fourth-order valence-electron chi connectivity index (χ4n) is 6.01. The van der Waals surface area contributed by atoms with Crippen molar-refractivity contribution < 1.29 is 14.3 Å². The molecule has 3 heterocycles. The minimum atomic E-state index is -0.817. The van der Waals surface area contributed by atoms with Gasteiger partial charge in [0.2, 0.25) is 0 Å². The second kappa shape index (κ2) is 12.4. The molecule has 0 unspecified atom stereocenters. The van der Waals surface area contributed by atoms with Gasteiger partial charge in [-0.3, -0.25) is 14.2 Å². The van der Waals surface area contributed by atoms with Crippen LogP contribution in [0.5, 0.6) is 0 Å². The third kappa shape index (κ3) is 5.11. The van der Waals surface area contributed by atoms with Gasteiger partial charge < -0.3 is 9.64 Å². The van der Waals surface area contributed by atoms with Crippen molar-refractivity contribution in [1.82, 2.24) is 4.57 Å². The number of hydrogen-bond donors (Lipinski definition) is 0. The number of carbonyl (C=O) groups excluding carboxylic acids is 2. The van der Waals surface area contributed by atoms with Gasteiger partial charge in [-0.05, 0) is 42.5 Å². The summed E-state index contributed by atoms with van der Waals surface area (Å²) in [5.41, 5.74) is 4.58. The van der Waals surface area contributed by atoms with Crippen molar-refractivity contribution in [2.24, 2.45) is 4.99 Å². The fraction of sp³-hybridized carbons (Fsp3) is 0.135. The molecule has 1 aromatic heterocycles. The van der Waals surface area contributed by atoms with Crippen LogP contribution in [0.4, 0.5) is 5.69 Å². The molecule has 9 heteroatoms. The van der Waals surface area contributed by atoms with Crippen LogP contribution in [-0.4, -0.2) is 29.3 Å². The van der Waals surface area contributed by atoms with Gasteiger partial charge in [-0.15, -0.1) is 11.8 Å². The van der Waals surface area contributed by atoms with Crippen LogP contribution in [0.25, 0.3) is 11.3 Å². The predicted molar refractivity (Wildman–Crippen MR) is 182 cm³/mol. The quantitative estimate of drug-likeness (QED) is 0.171. The summed E-state index contributed by atoms with van der Waals surface area (Å²) in [5, 5.41) is 0. The van der Waals surface area contributed by atoms with Gasteiger partial charge in [0.25, 0.3) is 11.5 Å². The van der Waals surface area contributed by atoms with Crippen molar-refractivity contribution in [2.75, 3.05) is 17.8 Å². The Labute approximate surface area is 273 Å². The molecule has 0 radical (unpaired) electrons. The summed E-state index contributed by atoms with van der Waals surface area (Å²) in [6.45, 7) is 2.29. The van der Waals surface area contributed by atoms with Crippen molar-refractivity contribution in [2.45, 2.75) is 24.4 Å². The van der Waals surface area contributed by atoms with Gasteiger partial charge >= 0.3 is 5.97 Å². The van der Waals surface area contributed by atoms with E-state index in [1.807, 2.05) is 115 Å². The Hall–Kier alpha value is -4.99. The topological polar surface area (TPSA) is 81.0 Å². The van der Waals surface area contributed by atoms with E-state index < -0.39 is 12.0 Å². The van der Waals surface area contributed by atoms with Gasteiger partial charge in [0.1, 0.15) is 4.53 Å². The van der Waals surface area contributed by atoms with E-state index >= 15 is 0 Å². The van der Waals surface area contributed by atoms with E-state index in [1.165, 1.54) is 11.3 Å². The average Bonchev–Trinajstić information content (AvgIpc) is 3.56. The molecule has 0 aliphatic carbocycles. The molecule has 5 aromatic rings. The molecule has 2 aliphatic rings. The monoisotopic (exact) mass is 643 g/mol. The van der Waals surface area contributed by atoms with E-state index in [0.29, 0.717) is 28.2 Å². The molecular weight excluding hydrogens is 615 g/mol. The Bertz CT molecular complexity index is 2190. The molecule has 0 spiro atoms. The van der Waals surface area contributed by atoms with Gasteiger partial charge in [-0.2, -0.15) is 0 Å². The molecule has 0 saturated heterocycles. The molecule has 0 fully saturated rings. The summed E-state index contributed by atoms with van der Waals surface area (Å²) in [4.78, 5) is 50.8. The minimum absolute atomic E-state index is 0.166. The number of benzene rings is 4. The van der Waals surface area contributed by atoms with Crippen molar-refractivity contribution in [3.63, 3.8) is 0 Å². The van der Waals surface area contributed by atoms with Gasteiger partial charge in [0.05, 0.1) is 41.7 Å². The number of esters is 1. The first kappa shape index (κ1) is 29.7. The zero-order valence-electron chi connectivity index (χ0n) is 25.2. The Kier molecular flexibility index (Phi) is 8.02. The van der Waals surface area contributed by atoms with Crippen LogP contribution in [0, 0.1) is 0 Å². The number of para-hydroxylation sites is 1. The highest BCUT2D eigenvalue weighted by Gasteiger charge is 2.38. The maximum absolute atomic E-state index is 14.6. The summed E-state index contributed by atoms with van der Waals surface area (Å²) >= 11 is 2.78. The van der Waals surface area contributed by atoms with Crippen LogP contribution in [-0.2, 0) is 20.9 Å². The highest BCUT2D eigenvalue weighted by atomic mass is 32.2. The second-order valence-electron chi connectivity index (χ2n) is 10.8. The Morgan fingerprint density at radius 3 is 2.26 bits per heavy atom. The number of hydrogen-bond acceptors (Lipinski definition) is 7. The molecule has 4 aromatic carbocycles. The van der Waals surface area contributed by atoms with Crippen molar-refractivity contribution in [1.29, 1.82) is 0 Å². The molecule has 7 rings (SSSR count). The molecule has 7 nitrogen and oxygen atoms in total. The van der Waals surface area contributed by atoms with Gasteiger partial charge in [-0.1, -0.05) is 102 Å². The van der Waals surface area contributed by atoms with Crippen molar-refractivity contribution in [3.05, 3.63) is 157 Å². The van der Waals surface area contributed by atoms with Crippen molar-refractivity contribution in [3.8, 4) is 0 Å². The first-order valence-electron chi connectivity index (χ1n) is 14.9. The maximum Gasteiger partial charge on any atom is 0.338 e. The number of aromatic nitrogens is 1. The number of carbonyl (C=O) groups is 2. The van der Waals surface area contributed by atoms with E-state index in [1.54, 1.807) is 28.2 Å². The molecule has 0 saturated carbocycles. The third-order valence-electron chi connectivity index (χ3n) is 8.11. The second-order valence-corrected chi connectivity index (χ2v) is 12.7. The van der Waals surface area contributed by atoms with Crippen LogP contribution in [0.15, 0.2) is 129 Å². The summed E-state index contributed by atoms with van der Waals surface area (Å²) in [6.07, 6.45) is 1.99. The van der Waals surface area contributed by atoms with E-state index in [-0.39, 0.29) is 28.2 Å². The summed E-state index contributed by atoms with van der Waals surface area (Å²) < 4.78 is 7.42. The molecule has 1 atom stereocenters. The van der Waals surface area contributed by atoms with Crippen molar-refractivity contribution >= 4 is 51.9 Å². The number of thioether (sulfide) groups is 1. The molecule has 2 aliphatic heterocycles. The largest absolute Gasteiger partial charge is 0.463 e. The van der Waals surface area contributed by atoms with Gasteiger partial charge in [0.15, 0.2) is 4.80 Å². The number of fused-ring (bicyclic) bond motifs is 2. The van der Waals surface area contributed by atoms with E-state index in [4.69, 9.17) is 9.73 Å². The smallest absolute Gasteiger partial charge is 0.338 e. The van der Waals surface area contributed by atoms with Crippen LogP contribution in [0.3, 0.4) is 0 Å². The first-order chi connectivity index (χ1) is 22.5. The number of nitrogens with zero attached hydrogens (tertiary/aromatic N) is 3. The molecule has 1 amide bonds. The normalized spacial score (nSPS) is 16.6. The highest BCUT2D eigenvalue weighted by molar-refractivity contribution is 7.98. The number of thiazole rings is 1. The van der Waals surface area contributed by atoms with E-state index in [0.717, 1.165) is 27.3 Å². The number of rotatable bonds is 7. The highest BCUT2D eigenvalue weighted by Crippen LogP contribution is 2.38. The average molecular weight is 644 g/mol. The summed E-state index contributed by atoms with van der Waals surface area (Å²) in [7, 11) is 0. The van der Waals surface area contributed by atoms with Gasteiger partial charge in [-0.25, -0.2) is 9.79 Å². The lowest BCUT2D eigenvalue weighted by Crippen LogP contribution is -2.41. The molecule has 228 valence electrons. The number of ether oxygens (including phenoxy) is 1. The standard InChI is InChI=1S/C37H29N3O4S2/c1-3-44-36(43)30-31(24-14-8-5-9-15-24)38-37-40(32(30)25-18-20-26(45-2)21-19-25)35(42)33(46-37)29-27-16-10-11-17-28(27)39(34(29)41)22-23-12-6-4-7-13-23/h4-21,32H,3,22H2,1-2H3/b33-29-/t32-/m0/s1. The Morgan fingerprint density at radius 2 is 1.57 bits per heavy atom. The molecular formula is C37H29N3O4S2. The Balaban J connectivity index is 1.50. The molecule has 46 heavy (non-hydrogen) atoms. The van der Waals surface area contributed by atoms with Gasteiger partial charge in [0, 0.05) is 16.0 Å². The maximum atomic E-state index is 14.6. The zero-order chi connectivity index (χ0) is 31.8. The Morgan fingerprint density at radius 1 is 0.891 bits per heavy atom. The van der Waals surface area contributed by atoms with E-state index in [2.05, 4.69) is 0 Å². The lowest BCUT2D eigenvalue weighted by atomic mass is 9.93. The minimum Gasteiger partial charge on any atom is -0.463 e. The third-order valence-corrected chi connectivity index (χ3v) is 9.91. The zero-order valence-corrected chi connectivity index (χ0v) is 26.8. The fourth-order valence-corrected chi connectivity index (χ4v) is 7.51.